The van der Waals surface area contributed by atoms with Crippen molar-refractivity contribution in [2.24, 2.45) is 0 Å². The molecule has 0 aliphatic heterocycles. The topological polar surface area (TPSA) is 25.8 Å². The fraction of sp³-hybridized carbons (Fsp3) is 0. The van der Waals surface area contributed by atoms with Crippen LogP contribution in [0.3, 0.4) is 0 Å². The first-order valence-electron chi connectivity index (χ1n) is 6.53. The maximum Gasteiger partial charge on any atom is 0.0972 e. The Bertz CT molecular complexity index is 899. The van der Waals surface area contributed by atoms with Crippen LogP contribution in [0.2, 0.25) is 0 Å². The summed E-state index contributed by atoms with van der Waals surface area (Å²) >= 11 is 0. The summed E-state index contributed by atoms with van der Waals surface area (Å²) in [6, 6.07) is 23.4. The second-order valence-corrected chi connectivity index (χ2v) is 4.69. The molecule has 0 amide bonds. The van der Waals surface area contributed by atoms with Gasteiger partial charge in [-0.05, 0) is 18.2 Å². The van der Waals surface area contributed by atoms with Crippen molar-refractivity contribution >= 4 is 21.8 Å². The van der Waals surface area contributed by atoms with Crippen LogP contribution in [0.5, 0.6) is 0 Å². The molecule has 4 rings (SSSR count). The maximum absolute atomic E-state index is 4.78. The Morgan fingerprint density at radius 3 is 2.45 bits per heavy atom. The number of pyridine rings is 2. The molecule has 0 saturated heterocycles. The standard InChI is InChI=1S/C18H11N2/c1-2-5-13(6-3-1)16-11-10-15-9-8-14-7-4-12-19-17(14)18(15)20-16/h1-5,7-12H. The van der Waals surface area contributed by atoms with Gasteiger partial charge in [-0.3, -0.25) is 4.98 Å². The largest absolute Gasteiger partial charge is 0.254 e. The lowest BCUT2D eigenvalue weighted by Gasteiger charge is -2.05. The Kier molecular flexibility index (Phi) is 2.46. The van der Waals surface area contributed by atoms with E-state index in [2.05, 4.69) is 35.3 Å². The highest BCUT2D eigenvalue weighted by Gasteiger charge is 2.05. The van der Waals surface area contributed by atoms with E-state index < -0.39 is 0 Å². The molecule has 0 atom stereocenters. The maximum atomic E-state index is 4.78. The van der Waals surface area contributed by atoms with Crippen molar-refractivity contribution in [3.05, 3.63) is 72.9 Å². The highest BCUT2D eigenvalue weighted by Crippen LogP contribution is 2.25. The molecular formula is C18H11N2. The molecule has 0 spiro atoms. The van der Waals surface area contributed by atoms with Gasteiger partial charge >= 0.3 is 0 Å². The van der Waals surface area contributed by atoms with Crippen molar-refractivity contribution < 1.29 is 0 Å². The van der Waals surface area contributed by atoms with E-state index in [1.54, 1.807) is 0 Å². The molecule has 0 saturated carbocycles. The predicted molar refractivity (Wildman–Crippen MR) is 81.3 cm³/mol. The van der Waals surface area contributed by atoms with Crippen molar-refractivity contribution in [2.75, 3.05) is 0 Å². The molecule has 4 aromatic rings. The van der Waals surface area contributed by atoms with Crippen LogP contribution in [-0.4, -0.2) is 9.97 Å². The summed E-state index contributed by atoms with van der Waals surface area (Å²) < 4.78 is 0. The first-order chi connectivity index (χ1) is 9.92. The van der Waals surface area contributed by atoms with E-state index in [1.165, 1.54) is 0 Å². The van der Waals surface area contributed by atoms with Gasteiger partial charge in [0.25, 0.3) is 0 Å². The lowest BCUT2D eigenvalue weighted by molar-refractivity contribution is 1.37. The van der Waals surface area contributed by atoms with E-state index in [0.29, 0.717) is 0 Å². The zero-order chi connectivity index (χ0) is 13.4. The van der Waals surface area contributed by atoms with Crippen molar-refractivity contribution in [3.8, 4) is 11.3 Å². The fourth-order valence-electron chi connectivity index (χ4n) is 2.43. The molecule has 0 bridgehead atoms. The SMILES string of the molecule is [c]1ccccc1-c1ccc2ccc3cccnc3c2n1. The smallest absolute Gasteiger partial charge is 0.0972 e. The van der Waals surface area contributed by atoms with Crippen molar-refractivity contribution in [3.63, 3.8) is 0 Å². The van der Waals surface area contributed by atoms with E-state index in [0.717, 1.165) is 33.1 Å². The van der Waals surface area contributed by atoms with Crippen LogP contribution >= 0.6 is 0 Å². The summed E-state index contributed by atoms with van der Waals surface area (Å²) in [5.74, 6) is 0. The Morgan fingerprint density at radius 2 is 1.60 bits per heavy atom. The molecule has 93 valence electrons. The molecule has 0 aliphatic rings. The van der Waals surface area contributed by atoms with Gasteiger partial charge in [0.1, 0.15) is 0 Å². The molecule has 0 unspecified atom stereocenters. The quantitative estimate of drug-likeness (QED) is 0.475. The molecule has 20 heavy (non-hydrogen) atoms. The van der Waals surface area contributed by atoms with Gasteiger partial charge in [0.2, 0.25) is 0 Å². The zero-order valence-electron chi connectivity index (χ0n) is 10.7. The number of rotatable bonds is 1. The summed E-state index contributed by atoms with van der Waals surface area (Å²) in [5.41, 5.74) is 3.82. The minimum absolute atomic E-state index is 0.927. The molecular weight excluding hydrogens is 244 g/mol. The summed E-state index contributed by atoms with van der Waals surface area (Å²) in [6.07, 6.45) is 1.81. The third kappa shape index (κ3) is 1.74. The highest BCUT2D eigenvalue weighted by atomic mass is 14.7. The Labute approximate surface area is 116 Å². The van der Waals surface area contributed by atoms with Crippen LogP contribution in [0, 0.1) is 6.07 Å². The van der Waals surface area contributed by atoms with E-state index >= 15 is 0 Å². The minimum Gasteiger partial charge on any atom is -0.254 e. The molecule has 0 N–H and O–H groups in total. The number of hydrogen-bond acceptors (Lipinski definition) is 2. The third-order valence-electron chi connectivity index (χ3n) is 3.42. The average Bonchev–Trinajstić information content (AvgIpc) is 2.55. The number of benzene rings is 2. The third-order valence-corrected chi connectivity index (χ3v) is 3.42. The van der Waals surface area contributed by atoms with Crippen LogP contribution in [-0.2, 0) is 0 Å². The first kappa shape index (κ1) is 11.1. The van der Waals surface area contributed by atoms with Gasteiger partial charge in [-0.2, -0.15) is 0 Å². The van der Waals surface area contributed by atoms with E-state index in [4.69, 9.17) is 4.98 Å². The zero-order valence-corrected chi connectivity index (χ0v) is 10.7. The van der Waals surface area contributed by atoms with Crippen molar-refractivity contribution in [1.29, 1.82) is 0 Å². The molecule has 0 fully saturated rings. The lowest BCUT2D eigenvalue weighted by Crippen LogP contribution is -1.88. The minimum atomic E-state index is 0.927. The Hall–Kier alpha value is -2.74. The monoisotopic (exact) mass is 255 g/mol. The predicted octanol–water partition coefficient (Wildman–Crippen LogP) is 4.25. The van der Waals surface area contributed by atoms with Gasteiger partial charge < -0.3 is 0 Å². The van der Waals surface area contributed by atoms with Gasteiger partial charge in [0.15, 0.2) is 0 Å². The molecule has 0 aliphatic carbocycles. The van der Waals surface area contributed by atoms with Gasteiger partial charge in [-0.1, -0.05) is 48.5 Å². The molecule has 2 heteroatoms. The molecule has 2 heterocycles. The second-order valence-electron chi connectivity index (χ2n) is 4.69. The van der Waals surface area contributed by atoms with E-state index in [9.17, 15) is 0 Å². The van der Waals surface area contributed by atoms with Crippen LogP contribution < -0.4 is 0 Å². The van der Waals surface area contributed by atoms with Gasteiger partial charge in [-0.25, -0.2) is 4.98 Å². The number of aromatic nitrogens is 2. The van der Waals surface area contributed by atoms with Gasteiger partial charge in [-0.15, -0.1) is 0 Å². The van der Waals surface area contributed by atoms with Crippen LogP contribution in [0.25, 0.3) is 33.1 Å². The lowest BCUT2D eigenvalue weighted by atomic mass is 10.1. The van der Waals surface area contributed by atoms with Crippen LogP contribution in [0.4, 0.5) is 0 Å². The molecule has 2 nitrogen and oxygen atoms in total. The molecule has 2 aromatic carbocycles. The van der Waals surface area contributed by atoms with Gasteiger partial charge in [0.05, 0.1) is 16.7 Å². The Balaban J connectivity index is 2.05. The summed E-state index contributed by atoms with van der Waals surface area (Å²) in [4.78, 5) is 9.25. The van der Waals surface area contributed by atoms with Crippen LogP contribution in [0.15, 0.2) is 66.9 Å². The van der Waals surface area contributed by atoms with Gasteiger partial charge in [0, 0.05) is 22.5 Å². The number of fused-ring (bicyclic) bond motifs is 3. The number of nitrogens with zero attached hydrogens (tertiary/aromatic N) is 2. The van der Waals surface area contributed by atoms with E-state index in [1.807, 2.05) is 42.6 Å². The summed E-state index contributed by atoms with van der Waals surface area (Å²) in [5, 5.41) is 2.22. The van der Waals surface area contributed by atoms with Crippen molar-refractivity contribution in [1.82, 2.24) is 9.97 Å². The van der Waals surface area contributed by atoms with Crippen LogP contribution in [0.1, 0.15) is 0 Å². The highest BCUT2D eigenvalue weighted by molar-refractivity contribution is 6.03. The second kappa shape index (κ2) is 4.42. The van der Waals surface area contributed by atoms with E-state index in [-0.39, 0.29) is 0 Å². The normalized spacial score (nSPS) is 11.0. The average molecular weight is 255 g/mol. The first-order valence-corrected chi connectivity index (χ1v) is 6.53. The Morgan fingerprint density at radius 1 is 0.750 bits per heavy atom. The summed E-state index contributed by atoms with van der Waals surface area (Å²) in [7, 11) is 0. The number of hydrogen-bond donors (Lipinski definition) is 0. The molecule has 1 radical (unpaired) electrons. The summed E-state index contributed by atoms with van der Waals surface area (Å²) in [6.45, 7) is 0. The molecule has 2 aromatic heterocycles. The fourth-order valence-corrected chi connectivity index (χ4v) is 2.43. The van der Waals surface area contributed by atoms with Crippen molar-refractivity contribution in [2.45, 2.75) is 0 Å².